The first kappa shape index (κ1) is 29.5. The summed E-state index contributed by atoms with van der Waals surface area (Å²) < 4.78 is 5.73. The average molecular weight is 597 g/mol. The second kappa shape index (κ2) is 12.9. The number of nitrogens with zero attached hydrogens (tertiary/aromatic N) is 1. The van der Waals surface area contributed by atoms with Crippen molar-refractivity contribution in [2.45, 2.75) is 39.5 Å². The molecular formula is C36H31Cl2NO3. The molecule has 1 heterocycles. The maximum Gasteiger partial charge on any atom is 0.163 e. The van der Waals surface area contributed by atoms with E-state index in [0.717, 1.165) is 44.6 Å². The van der Waals surface area contributed by atoms with Gasteiger partial charge in [0.2, 0.25) is 0 Å². The van der Waals surface area contributed by atoms with Crippen molar-refractivity contribution in [2.24, 2.45) is 0 Å². The van der Waals surface area contributed by atoms with Gasteiger partial charge in [0.1, 0.15) is 5.75 Å². The zero-order valence-corrected chi connectivity index (χ0v) is 25.3. The van der Waals surface area contributed by atoms with Crippen LogP contribution in [0.5, 0.6) is 5.75 Å². The Morgan fingerprint density at radius 3 is 1.90 bits per heavy atom. The minimum Gasteiger partial charge on any atom is -0.494 e. The van der Waals surface area contributed by atoms with Gasteiger partial charge in [0.05, 0.1) is 17.8 Å². The molecule has 4 nitrogen and oxygen atoms in total. The number of halogens is 2. The summed E-state index contributed by atoms with van der Waals surface area (Å²) in [4.78, 5) is 32.4. The van der Waals surface area contributed by atoms with Crippen LogP contribution in [-0.2, 0) is 0 Å². The molecule has 0 unspecified atom stereocenters. The van der Waals surface area contributed by atoms with Crippen molar-refractivity contribution in [3.05, 3.63) is 129 Å². The molecule has 0 N–H and O–H groups in total. The van der Waals surface area contributed by atoms with Gasteiger partial charge >= 0.3 is 0 Å². The highest BCUT2D eigenvalue weighted by Gasteiger charge is 2.26. The fourth-order valence-corrected chi connectivity index (χ4v) is 5.50. The van der Waals surface area contributed by atoms with Crippen molar-refractivity contribution >= 4 is 45.7 Å². The average Bonchev–Trinajstić information content (AvgIpc) is 2.97. The van der Waals surface area contributed by atoms with Crippen molar-refractivity contribution in [3.63, 3.8) is 0 Å². The van der Waals surface area contributed by atoms with E-state index in [-0.39, 0.29) is 24.4 Å². The summed E-state index contributed by atoms with van der Waals surface area (Å²) in [5, 5.41) is 2.08. The summed E-state index contributed by atoms with van der Waals surface area (Å²) in [5.74, 6) is 0.206. The first-order valence-corrected chi connectivity index (χ1v) is 14.7. The number of pyridine rings is 1. The Labute approximate surface area is 256 Å². The molecule has 0 fully saturated rings. The van der Waals surface area contributed by atoms with Gasteiger partial charge in [-0.15, -0.1) is 0 Å². The molecule has 0 saturated heterocycles. The second-order valence-electron chi connectivity index (χ2n) is 10.5. The number of hydrogen-bond donors (Lipinski definition) is 0. The number of ether oxygens (including phenoxy) is 1. The quantitative estimate of drug-likeness (QED) is 0.151. The topological polar surface area (TPSA) is 56.3 Å². The molecule has 42 heavy (non-hydrogen) atoms. The first-order valence-electron chi connectivity index (χ1n) is 13.9. The minimum atomic E-state index is -0.435. The Hall–Kier alpha value is -3.99. The van der Waals surface area contributed by atoms with Crippen LogP contribution < -0.4 is 4.74 Å². The lowest BCUT2D eigenvalue weighted by molar-refractivity contribution is 0.0944. The molecule has 0 atom stereocenters. The molecule has 4 aromatic carbocycles. The molecule has 6 heteroatoms. The van der Waals surface area contributed by atoms with E-state index in [1.807, 2.05) is 51.1 Å². The van der Waals surface area contributed by atoms with E-state index in [1.165, 1.54) is 0 Å². The van der Waals surface area contributed by atoms with Gasteiger partial charge in [-0.2, -0.15) is 0 Å². The van der Waals surface area contributed by atoms with Crippen molar-refractivity contribution < 1.29 is 14.3 Å². The Bertz CT molecular complexity index is 1700. The van der Waals surface area contributed by atoms with E-state index in [0.29, 0.717) is 27.8 Å². The first-order chi connectivity index (χ1) is 20.2. The largest absolute Gasteiger partial charge is 0.494 e. The van der Waals surface area contributed by atoms with Crippen LogP contribution in [0.25, 0.3) is 22.2 Å². The molecule has 0 saturated carbocycles. The minimum absolute atomic E-state index is 0.0701. The number of Topliss-reactive ketones (excluding diaryl/α,β-unsaturated/α-hetero) is 2. The lowest BCUT2D eigenvalue weighted by atomic mass is 9.83. The number of benzene rings is 4. The van der Waals surface area contributed by atoms with Gasteiger partial charge in [-0.3, -0.25) is 9.59 Å². The van der Waals surface area contributed by atoms with Gasteiger partial charge in [-0.1, -0.05) is 34.8 Å². The summed E-state index contributed by atoms with van der Waals surface area (Å²) in [7, 11) is 0. The van der Waals surface area contributed by atoms with Gasteiger partial charge < -0.3 is 4.74 Å². The van der Waals surface area contributed by atoms with Crippen molar-refractivity contribution in [1.82, 2.24) is 4.98 Å². The maximum absolute atomic E-state index is 13.6. The molecule has 0 aliphatic carbocycles. The molecule has 0 aliphatic rings. The zero-order valence-electron chi connectivity index (χ0n) is 23.8. The molecule has 1 aromatic heterocycles. The predicted octanol–water partition coefficient (Wildman–Crippen LogP) is 9.85. The van der Waals surface area contributed by atoms with Crippen LogP contribution in [0.3, 0.4) is 0 Å². The SMILES string of the molecule is CCOc1ccc(-c2nc3ccc(C)cc3cc2C(CC(=O)c2ccc(Cl)cc2)CC(=O)c2ccc(Cl)cc2)c(C)c1. The number of fused-ring (bicyclic) bond motifs is 1. The van der Waals surface area contributed by atoms with E-state index < -0.39 is 5.92 Å². The Morgan fingerprint density at radius 2 is 1.36 bits per heavy atom. The summed E-state index contributed by atoms with van der Waals surface area (Å²) >= 11 is 12.2. The molecule has 0 aliphatic heterocycles. The van der Waals surface area contributed by atoms with E-state index in [1.54, 1.807) is 48.5 Å². The fourth-order valence-electron chi connectivity index (χ4n) is 5.24. The van der Waals surface area contributed by atoms with Crippen LogP contribution >= 0.6 is 23.2 Å². The Balaban J connectivity index is 1.66. The highest BCUT2D eigenvalue weighted by atomic mass is 35.5. The van der Waals surface area contributed by atoms with Gasteiger partial charge in [0.25, 0.3) is 0 Å². The maximum atomic E-state index is 13.6. The molecule has 5 aromatic rings. The molecule has 0 radical (unpaired) electrons. The molecule has 212 valence electrons. The second-order valence-corrected chi connectivity index (χ2v) is 11.4. The Kier molecular flexibility index (Phi) is 9.06. The highest BCUT2D eigenvalue weighted by molar-refractivity contribution is 6.31. The molecule has 0 amide bonds. The van der Waals surface area contributed by atoms with E-state index in [9.17, 15) is 9.59 Å². The van der Waals surface area contributed by atoms with Crippen LogP contribution in [0.15, 0.2) is 91.0 Å². The van der Waals surface area contributed by atoms with Gasteiger partial charge in [0, 0.05) is 50.9 Å². The molecule has 0 spiro atoms. The van der Waals surface area contributed by atoms with Crippen LogP contribution in [0.1, 0.15) is 63.1 Å². The smallest absolute Gasteiger partial charge is 0.163 e. The summed E-state index contributed by atoms with van der Waals surface area (Å²) in [6, 6.07) is 27.9. The van der Waals surface area contributed by atoms with Crippen LogP contribution in [-0.4, -0.2) is 23.2 Å². The number of carbonyl (C=O) groups excluding carboxylic acids is 2. The summed E-state index contributed by atoms with van der Waals surface area (Å²) in [6.07, 6.45) is 0.256. The number of carbonyl (C=O) groups is 2. The lowest BCUT2D eigenvalue weighted by Crippen LogP contribution is -2.14. The monoisotopic (exact) mass is 595 g/mol. The molecule has 0 bridgehead atoms. The normalized spacial score (nSPS) is 11.2. The van der Waals surface area contributed by atoms with E-state index >= 15 is 0 Å². The lowest BCUT2D eigenvalue weighted by Gasteiger charge is -2.22. The van der Waals surface area contributed by atoms with E-state index in [4.69, 9.17) is 32.9 Å². The van der Waals surface area contributed by atoms with Gasteiger partial charge in [-0.25, -0.2) is 4.98 Å². The van der Waals surface area contributed by atoms with Crippen molar-refractivity contribution in [2.75, 3.05) is 6.61 Å². The zero-order chi connectivity index (χ0) is 29.8. The third-order valence-electron chi connectivity index (χ3n) is 7.40. The third kappa shape index (κ3) is 6.73. The highest BCUT2D eigenvalue weighted by Crippen LogP contribution is 2.38. The summed E-state index contributed by atoms with van der Waals surface area (Å²) in [6.45, 7) is 6.58. The fraction of sp³-hybridized carbons (Fsp3) is 0.194. The number of hydrogen-bond acceptors (Lipinski definition) is 4. The number of ketones is 2. The standard InChI is InChI=1S/C36H31Cl2NO3/c1-4-42-30-14-15-31(23(3)18-30)36-32(19-27-17-22(2)5-16-33(27)39-36)26(20-34(40)24-6-10-28(37)11-7-24)21-35(41)25-8-12-29(38)13-9-25/h5-19,26H,4,20-21H2,1-3H3. The van der Waals surface area contributed by atoms with Gasteiger partial charge in [-0.05, 0) is 117 Å². The third-order valence-corrected chi connectivity index (χ3v) is 7.90. The number of aryl methyl sites for hydroxylation is 2. The van der Waals surface area contributed by atoms with Crippen LogP contribution in [0, 0.1) is 13.8 Å². The number of aromatic nitrogens is 1. The van der Waals surface area contributed by atoms with Gasteiger partial charge in [0.15, 0.2) is 11.6 Å². The molecular weight excluding hydrogens is 565 g/mol. The summed E-state index contributed by atoms with van der Waals surface area (Å²) in [5.41, 5.74) is 6.57. The van der Waals surface area contributed by atoms with Crippen molar-refractivity contribution in [1.29, 1.82) is 0 Å². The van der Waals surface area contributed by atoms with Crippen molar-refractivity contribution in [3.8, 4) is 17.0 Å². The van der Waals surface area contributed by atoms with Crippen LogP contribution in [0.4, 0.5) is 0 Å². The number of rotatable bonds is 10. The Morgan fingerprint density at radius 1 is 0.762 bits per heavy atom. The van der Waals surface area contributed by atoms with E-state index in [2.05, 4.69) is 12.1 Å². The molecule has 5 rings (SSSR count). The van der Waals surface area contributed by atoms with Crippen LogP contribution in [0.2, 0.25) is 10.0 Å². The predicted molar refractivity (Wildman–Crippen MR) is 171 cm³/mol.